The highest BCUT2D eigenvalue weighted by Crippen LogP contribution is 2.38. The third-order valence-corrected chi connectivity index (χ3v) is 5.30. The maximum Gasteiger partial charge on any atom is 0.310 e. The van der Waals surface area contributed by atoms with Gasteiger partial charge in [0.25, 0.3) is 0 Å². The number of benzene rings is 1. The summed E-state index contributed by atoms with van der Waals surface area (Å²) in [5, 5.41) is 24.5. The van der Waals surface area contributed by atoms with Gasteiger partial charge in [-0.3, -0.25) is 9.78 Å². The summed E-state index contributed by atoms with van der Waals surface area (Å²) in [6.07, 6.45) is 1.89. The lowest BCUT2D eigenvalue weighted by Crippen LogP contribution is -2.33. The molecule has 1 aliphatic rings. The summed E-state index contributed by atoms with van der Waals surface area (Å²) in [5.41, 5.74) is 0.445. The van der Waals surface area contributed by atoms with Gasteiger partial charge in [0.1, 0.15) is 5.75 Å². The van der Waals surface area contributed by atoms with Crippen LogP contribution in [0.1, 0.15) is 30.9 Å². The van der Waals surface area contributed by atoms with Crippen LogP contribution in [-0.4, -0.2) is 41.4 Å². The minimum absolute atomic E-state index is 0. The molecule has 0 aliphatic carbocycles. The van der Waals surface area contributed by atoms with Crippen molar-refractivity contribution in [2.75, 3.05) is 20.2 Å². The number of nitrogens with one attached hydrogen (secondary N) is 1. The van der Waals surface area contributed by atoms with Crippen molar-refractivity contribution in [1.29, 1.82) is 0 Å². The summed E-state index contributed by atoms with van der Waals surface area (Å²) in [4.78, 5) is 15.9. The number of methoxy groups -OCH3 is 1. The van der Waals surface area contributed by atoms with Crippen LogP contribution >= 0.6 is 36.4 Å². The second-order valence-electron chi connectivity index (χ2n) is 6.47. The maximum atomic E-state index is 11.7. The largest absolute Gasteiger partial charge is 0.497 e. The van der Waals surface area contributed by atoms with E-state index in [0.29, 0.717) is 59.6 Å². The Kier molecular flexibility index (Phi) is 8.57. The minimum Gasteiger partial charge on any atom is -0.497 e. The van der Waals surface area contributed by atoms with E-state index in [4.69, 9.17) is 16.3 Å². The molecular weight excluding hydrogens is 415 g/mol. The number of carboxylic acid groups (broad SMARTS) is 1. The molecule has 2 heterocycles. The van der Waals surface area contributed by atoms with Gasteiger partial charge in [-0.15, -0.1) is 24.8 Å². The van der Waals surface area contributed by atoms with Gasteiger partial charge < -0.3 is 20.3 Å². The molecule has 6 nitrogen and oxygen atoms in total. The Balaban J connectivity index is 0.00000182. The van der Waals surface area contributed by atoms with E-state index in [0.717, 1.165) is 0 Å². The summed E-state index contributed by atoms with van der Waals surface area (Å²) in [5.74, 6) is -0.177. The van der Waals surface area contributed by atoms with E-state index in [1.807, 2.05) is 0 Å². The maximum absolute atomic E-state index is 11.7. The summed E-state index contributed by atoms with van der Waals surface area (Å²) in [6, 6.07) is 5.39. The fraction of sp³-hybridized carbons (Fsp3) is 0.444. The molecule has 1 aliphatic heterocycles. The zero-order valence-electron chi connectivity index (χ0n) is 14.8. The fourth-order valence-electron chi connectivity index (χ4n) is 3.44. The first-order valence-corrected chi connectivity index (χ1v) is 8.59. The van der Waals surface area contributed by atoms with Crippen LogP contribution in [0, 0.1) is 5.41 Å². The third-order valence-electron chi connectivity index (χ3n) is 5.00. The molecular formula is C18H23Cl3N2O4. The lowest BCUT2D eigenvalue weighted by Gasteiger charge is -2.25. The van der Waals surface area contributed by atoms with Gasteiger partial charge >= 0.3 is 5.97 Å². The van der Waals surface area contributed by atoms with E-state index < -0.39 is 17.5 Å². The Morgan fingerprint density at radius 1 is 1.44 bits per heavy atom. The van der Waals surface area contributed by atoms with Crippen LogP contribution < -0.4 is 10.1 Å². The van der Waals surface area contributed by atoms with Gasteiger partial charge in [-0.25, -0.2) is 0 Å². The van der Waals surface area contributed by atoms with Crippen molar-refractivity contribution in [3.05, 3.63) is 35.0 Å². The topological polar surface area (TPSA) is 91.7 Å². The predicted molar refractivity (Wildman–Crippen MR) is 110 cm³/mol. The average molecular weight is 438 g/mol. The van der Waals surface area contributed by atoms with Crippen molar-refractivity contribution < 1.29 is 19.7 Å². The molecule has 0 amide bonds. The number of carbonyl (C=O) groups is 1. The van der Waals surface area contributed by atoms with Crippen LogP contribution in [0.15, 0.2) is 24.4 Å². The monoisotopic (exact) mass is 436 g/mol. The molecule has 3 N–H and O–H groups in total. The van der Waals surface area contributed by atoms with Crippen LogP contribution in [0.5, 0.6) is 5.75 Å². The Hall–Kier alpha value is -1.31. The molecule has 2 atom stereocenters. The van der Waals surface area contributed by atoms with Crippen LogP contribution in [-0.2, 0) is 4.79 Å². The first-order chi connectivity index (χ1) is 12.0. The zero-order valence-corrected chi connectivity index (χ0v) is 17.2. The van der Waals surface area contributed by atoms with Crippen LogP contribution in [0.4, 0.5) is 0 Å². The number of nitrogens with zero attached hydrogens (tertiary/aromatic N) is 1. The number of fused-ring (bicyclic) bond motifs is 1. The van der Waals surface area contributed by atoms with Gasteiger partial charge in [0.15, 0.2) is 0 Å². The highest BCUT2D eigenvalue weighted by Gasteiger charge is 2.41. The number of aliphatic carboxylic acids is 1. The van der Waals surface area contributed by atoms with E-state index in [9.17, 15) is 15.0 Å². The second-order valence-corrected chi connectivity index (χ2v) is 6.88. The molecule has 1 fully saturated rings. The lowest BCUT2D eigenvalue weighted by molar-refractivity contribution is -0.148. The van der Waals surface area contributed by atoms with Crippen molar-refractivity contribution in [2.45, 2.75) is 25.4 Å². The van der Waals surface area contributed by atoms with Crippen molar-refractivity contribution >= 4 is 53.3 Å². The molecule has 2 aromatic rings. The van der Waals surface area contributed by atoms with Gasteiger partial charge in [-0.2, -0.15) is 0 Å². The summed E-state index contributed by atoms with van der Waals surface area (Å²) < 4.78 is 5.25. The summed E-state index contributed by atoms with van der Waals surface area (Å²) in [6.45, 7) is 1.10. The number of carboxylic acids is 1. The number of halogens is 3. The Morgan fingerprint density at radius 3 is 2.78 bits per heavy atom. The quantitative estimate of drug-likeness (QED) is 0.639. The number of aromatic nitrogens is 1. The highest BCUT2D eigenvalue weighted by atomic mass is 35.5. The number of ether oxygens (including phenoxy) is 1. The average Bonchev–Trinajstić information content (AvgIpc) is 3.09. The van der Waals surface area contributed by atoms with Gasteiger partial charge in [-0.1, -0.05) is 11.6 Å². The molecule has 0 bridgehead atoms. The molecule has 1 aromatic carbocycles. The van der Waals surface area contributed by atoms with Crippen molar-refractivity contribution in [2.24, 2.45) is 5.41 Å². The standard InChI is InChI=1S/C18H21ClN2O4.2ClH/c1-25-11-2-3-14-12(8-11)16(13(19)9-21-14)15(22)4-5-18(17(23)24)6-7-20-10-18;;/h2-3,8-9,15,20,22H,4-7,10H2,1H3,(H,23,24);2*1H. The lowest BCUT2D eigenvalue weighted by atomic mass is 9.81. The number of hydrogen-bond acceptors (Lipinski definition) is 5. The first-order valence-electron chi connectivity index (χ1n) is 8.21. The fourth-order valence-corrected chi connectivity index (χ4v) is 3.71. The zero-order chi connectivity index (χ0) is 18.0. The number of aliphatic hydroxyl groups excluding tert-OH is 1. The van der Waals surface area contributed by atoms with Gasteiger partial charge in [0.05, 0.1) is 29.2 Å². The highest BCUT2D eigenvalue weighted by molar-refractivity contribution is 6.32. The first kappa shape index (κ1) is 23.7. The van der Waals surface area contributed by atoms with Crippen molar-refractivity contribution in [3.8, 4) is 5.75 Å². The number of rotatable bonds is 6. The molecule has 27 heavy (non-hydrogen) atoms. The smallest absolute Gasteiger partial charge is 0.310 e. The Bertz CT molecular complexity index is 798. The van der Waals surface area contributed by atoms with Gasteiger partial charge in [-0.05, 0) is 44.0 Å². The van der Waals surface area contributed by atoms with E-state index >= 15 is 0 Å². The van der Waals surface area contributed by atoms with Crippen LogP contribution in [0.2, 0.25) is 5.02 Å². The molecule has 0 radical (unpaired) electrons. The van der Waals surface area contributed by atoms with Crippen molar-refractivity contribution in [1.82, 2.24) is 10.3 Å². The van der Waals surface area contributed by atoms with E-state index in [2.05, 4.69) is 10.3 Å². The molecule has 1 aromatic heterocycles. The number of pyridine rings is 1. The van der Waals surface area contributed by atoms with Gasteiger partial charge in [0, 0.05) is 23.7 Å². The van der Waals surface area contributed by atoms with Crippen LogP contribution in [0.25, 0.3) is 10.9 Å². The molecule has 0 spiro atoms. The summed E-state index contributed by atoms with van der Waals surface area (Å²) >= 11 is 6.29. The summed E-state index contributed by atoms with van der Waals surface area (Å²) in [7, 11) is 1.57. The molecule has 0 saturated carbocycles. The normalized spacial score (nSPS) is 19.8. The second kappa shape index (κ2) is 9.75. The number of hydrogen-bond donors (Lipinski definition) is 3. The molecule has 1 saturated heterocycles. The van der Waals surface area contributed by atoms with E-state index in [1.54, 1.807) is 25.3 Å². The minimum atomic E-state index is -0.873. The molecule has 3 rings (SSSR count). The third kappa shape index (κ3) is 4.76. The number of aliphatic hydroxyl groups is 1. The van der Waals surface area contributed by atoms with Crippen LogP contribution in [0.3, 0.4) is 0 Å². The van der Waals surface area contributed by atoms with Gasteiger partial charge in [0.2, 0.25) is 0 Å². The molecule has 2 unspecified atom stereocenters. The van der Waals surface area contributed by atoms with E-state index in [1.165, 1.54) is 6.20 Å². The molecule has 9 heteroatoms. The Morgan fingerprint density at radius 2 is 2.19 bits per heavy atom. The van der Waals surface area contributed by atoms with E-state index in [-0.39, 0.29) is 24.8 Å². The van der Waals surface area contributed by atoms with Crippen molar-refractivity contribution in [3.63, 3.8) is 0 Å². The Labute approximate surface area is 175 Å². The molecule has 150 valence electrons. The SMILES string of the molecule is COc1ccc2ncc(Cl)c(C(O)CCC3(C(=O)O)CCNC3)c2c1.Cl.Cl. The predicted octanol–water partition coefficient (Wildman–Crippen LogP) is 3.62.